The van der Waals surface area contributed by atoms with Crippen LogP contribution in [0.15, 0.2) is 24.3 Å². The molecular formula is C9H11FN2O. The number of halogens is 1. The molecule has 0 unspecified atom stereocenters. The van der Waals surface area contributed by atoms with Crippen molar-refractivity contribution in [1.82, 2.24) is 0 Å². The fourth-order valence-electron chi connectivity index (χ4n) is 0.987. The summed E-state index contributed by atoms with van der Waals surface area (Å²) in [6, 6.07) is 6.49. The molecule has 0 radical (unpaired) electrons. The molecule has 0 heterocycles. The summed E-state index contributed by atoms with van der Waals surface area (Å²) in [6.07, 6.45) is 0. The first-order valence-corrected chi connectivity index (χ1v) is 3.90. The molecule has 0 aliphatic rings. The minimum atomic E-state index is -0.644. The molecule has 1 aromatic rings. The molecule has 0 saturated heterocycles. The Hall–Kier alpha value is -1.42. The SMILES string of the molecule is CC(=O)N(F)c1cccc(CN)c1. The lowest BCUT2D eigenvalue weighted by Gasteiger charge is -2.09. The van der Waals surface area contributed by atoms with Crippen LogP contribution in [0, 0.1) is 0 Å². The number of benzene rings is 1. The van der Waals surface area contributed by atoms with Crippen molar-refractivity contribution < 1.29 is 9.28 Å². The van der Waals surface area contributed by atoms with Crippen LogP contribution in [0.5, 0.6) is 0 Å². The first-order chi connectivity index (χ1) is 6.15. The van der Waals surface area contributed by atoms with Crippen molar-refractivity contribution in [3.63, 3.8) is 0 Å². The molecule has 1 aromatic carbocycles. The highest BCUT2D eigenvalue weighted by Gasteiger charge is 2.09. The number of anilines is 1. The minimum Gasteiger partial charge on any atom is -0.326 e. The number of carbonyl (C=O) groups excluding carboxylic acids is 1. The van der Waals surface area contributed by atoms with Crippen LogP contribution in [0.25, 0.3) is 0 Å². The summed E-state index contributed by atoms with van der Waals surface area (Å²) >= 11 is 0. The van der Waals surface area contributed by atoms with E-state index in [9.17, 15) is 9.28 Å². The van der Waals surface area contributed by atoms with E-state index in [0.29, 0.717) is 6.54 Å². The number of carbonyl (C=O) groups is 1. The summed E-state index contributed by atoms with van der Waals surface area (Å²) in [4.78, 5) is 10.7. The van der Waals surface area contributed by atoms with E-state index >= 15 is 0 Å². The van der Waals surface area contributed by atoms with Crippen molar-refractivity contribution in [2.24, 2.45) is 5.73 Å². The lowest BCUT2D eigenvalue weighted by atomic mass is 10.2. The highest BCUT2D eigenvalue weighted by molar-refractivity contribution is 5.89. The number of hydrogen-bond acceptors (Lipinski definition) is 2. The van der Waals surface area contributed by atoms with E-state index in [1.54, 1.807) is 18.2 Å². The third-order valence-electron chi connectivity index (χ3n) is 1.65. The molecule has 0 bridgehead atoms. The summed E-state index contributed by atoms with van der Waals surface area (Å²) in [5, 5.41) is 0.0964. The molecule has 1 rings (SSSR count). The zero-order valence-electron chi connectivity index (χ0n) is 7.33. The average molecular weight is 182 g/mol. The second-order valence-electron chi connectivity index (χ2n) is 2.67. The van der Waals surface area contributed by atoms with Gasteiger partial charge in [0.25, 0.3) is 5.91 Å². The molecule has 13 heavy (non-hydrogen) atoms. The Morgan fingerprint density at radius 1 is 1.62 bits per heavy atom. The van der Waals surface area contributed by atoms with Crippen LogP contribution in [0.2, 0.25) is 0 Å². The Morgan fingerprint density at radius 2 is 2.31 bits per heavy atom. The molecule has 0 aliphatic carbocycles. The molecule has 0 atom stereocenters. The maximum absolute atomic E-state index is 13.0. The molecule has 1 amide bonds. The Kier molecular flexibility index (Phi) is 2.97. The molecule has 0 aliphatic heterocycles. The zero-order chi connectivity index (χ0) is 9.84. The van der Waals surface area contributed by atoms with Crippen LogP contribution in [0.1, 0.15) is 12.5 Å². The van der Waals surface area contributed by atoms with Gasteiger partial charge in [0.2, 0.25) is 0 Å². The first-order valence-electron chi connectivity index (χ1n) is 3.90. The van der Waals surface area contributed by atoms with E-state index in [2.05, 4.69) is 0 Å². The average Bonchev–Trinajstić information content (AvgIpc) is 2.16. The van der Waals surface area contributed by atoms with Gasteiger partial charge in [-0.2, -0.15) is 0 Å². The summed E-state index contributed by atoms with van der Waals surface area (Å²) in [7, 11) is 0. The molecule has 3 nitrogen and oxygen atoms in total. The van der Waals surface area contributed by atoms with E-state index in [1.165, 1.54) is 6.07 Å². The van der Waals surface area contributed by atoms with Gasteiger partial charge in [-0.15, -0.1) is 5.12 Å². The zero-order valence-corrected chi connectivity index (χ0v) is 7.33. The largest absolute Gasteiger partial charge is 0.326 e. The highest BCUT2D eigenvalue weighted by Crippen LogP contribution is 2.16. The number of amides is 1. The number of rotatable bonds is 2. The molecule has 0 saturated carbocycles. The van der Waals surface area contributed by atoms with E-state index < -0.39 is 5.91 Å². The minimum absolute atomic E-state index is 0.0964. The quantitative estimate of drug-likeness (QED) is 0.702. The highest BCUT2D eigenvalue weighted by atomic mass is 19.2. The topological polar surface area (TPSA) is 46.3 Å². The molecule has 4 heteroatoms. The van der Waals surface area contributed by atoms with E-state index in [1.807, 2.05) is 0 Å². The number of nitrogens with zero attached hydrogens (tertiary/aromatic N) is 1. The van der Waals surface area contributed by atoms with Gasteiger partial charge < -0.3 is 5.73 Å². The van der Waals surface area contributed by atoms with E-state index in [4.69, 9.17) is 5.73 Å². The van der Waals surface area contributed by atoms with Crippen LogP contribution < -0.4 is 10.9 Å². The van der Waals surface area contributed by atoms with Crippen molar-refractivity contribution in [1.29, 1.82) is 0 Å². The fraction of sp³-hybridized carbons (Fsp3) is 0.222. The third kappa shape index (κ3) is 2.26. The van der Waals surface area contributed by atoms with Gasteiger partial charge in [-0.25, -0.2) is 0 Å². The summed E-state index contributed by atoms with van der Waals surface area (Å²) in [5.41, 5.74) is 6.38. The molecule has 70 valence electrons. The van der Waals surface area contributed by atoms with Crippen molar-refractivity contribution in [3.8, 4) is 0 Å². The number of hydrogen-bond donors (Lipinski definition) is 1. The molecule has 2 N–H and O–H groups in total. The van der Waals surface area contributed by atoms with Crippen molar-refractivity contribution in [2.45, 2.75) is 13.5 Å². The van der Waals surface area contributed by atoms with Crippen LogP contribution in [0.3, 0.4) is 0 Å². The predicted molar refractivity (Wildman–Crippen MR) is 48.6 cm³/mol. The lowest BCUT2D eigenvalue weighted by molar-refractivity contribution is -0.119. The Morgan fingerprint density at radius 3 is 2.85 bits per heavy atom. The van der Waals surface area contributed by atoms with Gasteiger partial charge in [-0.1, -0.05) is 16.6 Å². The molecule has 0 aromatic heterocycles. The summed E-state index contributed by atoms with van der Waals surface area (Å²) in [6.45, 7) is 1.49. The maximum atomic E-state index is 13.0. The Labute approximate surface area is 75.9 Å². The fourth-order valence-corrected chi connectivity index (χ4v) is 0.987. The van der Waals surface area contributed by atoms with Gasteiger partial charge in [0.15, 0.2) is 0 Å². The standard InChI is InChI=1S/C9H11FN2O/c1-7(13)12(10)9-4-2-3-8(5-9)6-11/h2-5H,6,11H2,1H3. The van der Waals surface area contributed by atoms with Crippen LogP contribution >= 0.6 is 0 Å². The summed E-state index contributed by atoms with van der Waals surface area (Å²) < 4.78 is 13.0. The molecule has 0 fully saturated rings. The third-order valence-corrected chi connectivity index (χ3v) is 1.65. The number of nitrogens with two attached hydrogens (primary N) is 1. The van der Waals surface area contributed by atoms with Gasteiger partial charge in [-0.3, -0.25) is 4.79 Å². The monoisotopic (exact) mass is 182 g/mol. The second kappa shape index (κ2) is 4.00. The van der Waals surface area contributed by atoms with Gasteiger partial charge in [0, 0.05) is 13.5 Å². The van der Waals surface area contributed by atoms with E-state index in [-0.39, 0.29) is 10.8 Å². The molecular weight excluding hydrogens is 171 g/mol. The van der Waals surface area contributed by atoms with Crippen molar-refractivity contribution in [2.75, 3.05) is 5.12 Å². The Bertz CT molecular complexity index is 314. The van der Waals surface area contributed by atoms with Crippen molar-refractivity contribution >= 4 is 11.6 Å². The smallest absolute Gasteiger partial charge is 0.251 e. The second-order valence-corrected chi connectivity index (χ2v) is 2.67. The summed E-state index contributed by atoms with van der Waals surface area (Å²) in [5.74, 6) is -0.644. The van der Waals surface area contributed by atoms with Crippen LogP contribution in [-0.2, 0) is 11.3 Å². The maximum Gasteiger partial charge on any atom is 0.251 e. The normalized spacial score (nSPS) is 9.77. The van der Waals surface area contributed by atoms with E-state index in [0.717, 1.165) is 12.5 Å². The van der Waals surface area contributed by atoms with Crippen LogP contribution in [0.4, 0.5) is 10.2 Å². The van der Waals surface area contributed by atoms with Gasteiger partial charge in [0.05, 0.1) is 5.69 Å². The predicted octanol–water partition coefficient (Wildman–Crippen LogP) is 1.38. The van der Waals surface area contributed by atoms with Crippen LogP contribution in [-0.4, -0.2) is 5.91 Å². The Balaban J connectivity index is 2.94. The lowest BCUT2D eigenvalue weighted by Crippen LogP contribution is -2.18. The molecule has 0 spiro atoms. The van der Waals surface area contributed by atoms with Gasteiger partial charge in [-0.05, 0) is 17.7 Å². The van der Waals surface area contributed by atoms with Crippen molar-refractivity contribution in [3.05, 3.63) is 29.8 Å². The van der Waals surface area contributed by atoms with Gasteiger partial charge in [0.1, 0.15) is 0 Å². The van der Waals surface area contributed by atoms with Gasteiger partial charge >= 0.3 is 0 Å². The first kappa shape index (κ1) is 9.67.